The Labute approximate surface area is 146 Å². The Morgan fingerprint density at radius 2 is 1.96 bits per heavy atom. The highest BCUT2D eigenvalue weighted by Crippen LogP contribution is 2.44. The predicted molar refractivity (Wildman–Crippen MR) is 96.2 cm³/mol. The molecule has 0 radical (unpaired) electrons. The molecule has 0 spiro atoms. The lowest BCUT2D eigenvalue weighted by Gasteiger charge is -2.19. The molecule has 1 aliphatic carbocycles. The number of fused-ring (bicyclic) bond motifs is 1. The third-order valence-corrected chi connectivity index (χ3v) is 5.48. The number of carbonyl (C=O) groups excluding carboxylic acids is 2. The van der Waals surface area contributed by atoms with Crippen molar-refractivity contribution in [3.8, 4) is 0 Å². The topological polar surface area (TPSA) is 69.6 Å². The van der Waals surface area contributed by atoms with E-state index in [1.807, 2.05) is 42.5 Å². The minimum Gasteiger partial charge on any atom is -0.396 e. The predicted octanol–water partition coefficient (Wildman–Crippen LogP) is 2.08. The molecule has 130 valence electrons. The van der Waals surface area contributed by atoms with E-state index in [1.165, 1.54) is 0 Å². The van der Waals surface area contributed by atoms with E-state index in [9.17, 15) is 14.7 Å². The maximum Gasteiger partial charge on any atom is 0.227 e. The van der Waals surface area contributed by atoms with Crippen LogP contribution in [0, 0.1) is 11.3 Å². The number of rotatable bonds is 5. The van der Waals surface area contributed by atoms with Crippen LogP contribution in [0.4, 0.5) is 5.69 Å². The van der Waals surface area contributed by atoms with Gasteiger partial charge in [-0.15, -0.1) is 0 Å². The SMILES string of the molecule is O=C(NCC1(CO)CC1)C1CC(=O)N(c2cccc3ccccc23)C1. The van der Waals surface area contributed by atoms with E-state index in [2.05, 4.69) is 5.32 Å². The molecule has 25 heavy (non-hydrogen) atoms. The summed E-state index contributed by atoms with van der Waals surface area (Å²) in [5, 5.41) is 14.4. The van der Waals surface area contributed by atoms with Crippen LogP contribution in [-0.2, 0) is 9.59 Å². The fraction of sp³-hybridized carbons (Fsp3) is 0.400. The maximum absolute atomic E-state index is 12.5. The zero-order valence-corrected chi connectivity index (χ0v) is 14.1. The Morgan fingerprint density at radius 3 is 2.72 bits per heavy atom. The van der Waals surface area contributed by atoms with Crippen LogP contribution in [0.25, 0.3) is 10.8 Å². The van der Waals surface area contributed by atoms with Gasteiger partial charge < -0.3 is 15.3 Å². The molecule has 2 fully saturated rings. The smallest absolute Gasteiger partial charge is 0.227 e. The van der Waals surface area contributed by atoms with E-state index in [4.69, 9.17) is 0 Å². The normalized spacial score (nSPS) is 21.6. The number of nitrogens with one attached hydrogen (secondary N) is 1. The number of hydrogen-bond acceptors (Lipinski definition) is 3. The van der Waals surface area contributed by atoms with E-state index in [0.29, 0.717) is 13.1 Å². The van der Waals surface area contributed by atoms with Gasteiger partial charge in [-0.05, 0) is 24.3 Å². The molecule has 1 saturated heterocycles. The molecule has 5 heteroatoms. The second-order valence-corrected chi connectivity index (χ2v) is 7.28. The Balaban J connectivity index is 1.49. The van der Waals surface area contributed by atoms with Crippen LogP contribution in [0.3, 0.4) is 0 Å². The molecular weight excluding hydrogens is 316 g/mol. The first-order chi connectivity index (χ1) is 12.1. The van der Waals surface area contributed by atoms with Gasteiger partial charge in [0, 0.05) is 30.3 Å². The van der Waals surface area contributed by atoms with Crippen LogP contribution in [0.15, 0.2) is 42.5 Å². The first-order valence-electron chi connectivity index (χ1n) is 8.79. The monoisotopic (exact) mass is 338 g/mol. The van der Waals surface area contributed by atoms with Gasteiger partial charge in [0.1, 0.15) is 0 Å². The standard InChI is InChI=1S/C20H22N2O3/c23-13-20(8-9-20)12-21-19(25)15-10-18(24)22(11-15)17-7-3-5-14-4-1-2-6-16(14)17/h1-7,15,23H,8-13H2,(H,21,25). The summed E-state index contributed by atoms with van der Waals surface area (Å²) in [5.41, 5.74) is 0.751. The lowest BCUT2D eigenvalue weighted by Crippen LogP contribution is -2.37. The van der Waals surface area contributed by atoms with Gasteiger partial charge in [0.05, 0.1) is 18.2 Å². The molecule has 0 aromatic heterocycles. The number of carbonyl (C=O) groups is 2. The second-order valence-electron chi connectivity index (χ2n) is 7.28. The highest BCUT2D eigenvalue weighted by molar-refractivity contribution is 6.06. The molecule has 1 heterocycles. The summed E-state index contributed by atoms with van der Waals surface area (Å²) in [4.78, 5) is 26.7. The Kier molecular flexibility index (Phi) is 3.96. The molecule has 1 saturated carbocycles. The number of nitrogens with zero attached hydrogens (tertiary/aromatic N) is 1. The van der Waals surface area contributed by atoms with Crippen molar-refractivity contribution in [1.82, 2.24) is 5.32 Å². The summed E-state index contributed by atoms with van der Waals surface area (Å²) in [5.74, 6) is -0.434. The molecule has 1 atom stereocenters. The number of benzene rings is 2. The molecule has 2 aromatic rings. The molecule has 2 aromatic carbocycles. The number of hydrogen-bond donors (Lipinski definition) is 2. The number of aliphatic hydroxyl groups excluding tert-OH is 1. The zero-order valence-electron chi connectivity index (χ0n) is 14.1. The van der Waals surface area contributed by atoms with Crippen LogP contribution in [0.1, 0.15) is 19.3 Å². The largest absolute Gasteiger partial charge is 0.396 e. The first kappa shape index (κ1) is 16.1. The van der Waals surface area contributed by atoms with Crippen molar-refractivity contribution < 1.29 is 14.7 Å². The first-order valence-corrected chi connectivity index (χ1v) is 8.79. The van der Waals surface area contributed by atoms with E-state index >= 15 is 0 Å². The van der Waals surface area contributed by atoms with Crippen molar-refractivity contribution in [3.63, 3.8) is 0 Å². The Hall–Kier alpha value is -2.40. The molecule has 1 aliphatic heterocycles. The van der Waals surface area contributed by atoms with Gasteiger partial charge in [0.2, 0.25) is 11.8 Å². The maximum atomic E-state index is 12.5. The minimum atomic E-state index is -0.332. The van der Waals surface area contributed by atoms with E-state index in [0.717, 1.165) is 29.3 Å². The molecule has 5 nitrogen and oxygen atoms in total. The molecule has 2 aliphatic rings. The van der Waals surface area contributed by atoms with Crippen molar-refractivity contribution in [3.05, 3.63) is 42.5 Å². The highest BCUT2D eigenvalue weighted by atomic mass is 16.3. The van der Waals surface area contributed by atoms with Gasteiger partial charge in [-0.1, -0.05) is 36.4 Å². The zero-order chi connectivity index (χ0) is 17.4. The molecule has 1 unspecified atom stereocenters. The van der Waals surface area contributed by atoms with Crippen LogP contribution < -0.4 is 10.2 Å². The van der Waals surface area contributed by atoms with Crippen molar-refractivity contribution in [2.24, 2.45) is 11.3 Å². The van der Waals surface area contributed by atoms with Gasteiger partial charge in [-0.2, -0.15) is 0 Å². The Bertz CT molecular complexity index is 823. The van der Waals surface area contributed by atoms with Crippen LogP contribution in [0.5, 0.6) is 0 Å². The van der Waals surface area contributed by atoms with Crippen molar-refractivity contribution in [2.75, 3.05) is 24.6 Å². The molecule has 2 N–H and O–H groups in total. The quantitative estimate of drug-likeness (QED) is 0.877. The summed E-state index contributed by atoms with van der Waals surface area (Å²) in [7, 11) is 0. The van der Waals surface area contributed by atoms with Crippen molar-refractivity contribution in [2.45, 2.75) is 19.3 Å². The molecule has 0 bridgehead atoms. The number of anilines is 1. The fourth-order valence-corrected chi connectivity index (χ4v) is 3.55. The minimum absolute atomic E-state index is 0.0141. The second kappa shape index (κ2) is 6.15. The number of aliphatic hydroxyl groups is 1. The average molecular weight is 338 g/mol. The molecule has 2 amide bonds. The van der Waals surface area contributed by atoms with E-state index in [-0.39, 0.29) is 36.2 Å². The van der Waals surface area contributed by atoms with Crippen LogP contribution >= 0.6 is 0 Å². The van der Waals surface area contributed by atoms with Gasteiger partial charge >= 0.3 is 0 Å². The summed E-state index contributed by atoms with van der Waals surface area (Å²) in [6.07, 6.45) is 2.15. The summed E-state index contributed by atoms with van der Waals surface area (Å²) >= 11 is 0. The van der Waals surface area contributed by atoms with Gasteiger partial charge in [-0.25, -0.2) is 0 Å². The van der Waals surface area contributed by atoms with Crippen molar-refractivity contribution in [1.29, 1.82) is 0 Å². The fourth-order valence-electron chi connectivity index (χ4n) is 3.55. The van der Waals surface area contributed by atoms with Crippen LogP contribution in [0.2, 0.25) is 0 Å². The average Bonchev–Trinajstić information content (AvgIpc) is 3.33. The molecule has 4 rings (SSSR count). The molecular formula is C20H22N2O3. The lowest BCUT2D eigenvalue weighted by molar-refractivity contribution is -0.126. The van der Waals surface area contributed by atoms with Gasteiger partial charge in [-0.3, -0.25) is 9.59 Å². The summed E-state index contributed by atoms with van der Waals surface area (Å²) in [6, 6.07) is 13.9. The van der Waals surface area contributed by atoms with Gasteiger partial charge in [0.15, 0.2) is 0 Å². The third kappa shape index (κ3) is 3.00. The Morgan fingerprint density at radius 1 is 1.20 bits per heavy atom. The van der Waals surface area contributed by atoms with E-state index in [1.54, 1.807) is 4.90 Å². The summed E-state index contributed by atoms with van der Waals surface area (Å²) in [6.45, 7) is 1.02. The summed E-state index contributed by atoms with van der Waals surface area (Å²) < 4.78 is 0. The highest BCUT2D eigenvalue weighted by Gasteiger charge is 2.43. The van der Waals surface area contributed by atoms with Gasteiger partial charge in [0.25, 0.3) is 0 Å². The lowest BCUT2D eigenvalue weighted by atomic mass is 10.1. The van der Waals surface area contributed by atoms with Crippen molar-refractivity contribution >= 4 is 28.3 Å². The van der Waals surface area contributed by atoms with E-state index < -0.39 is 0 Å². The number of amides is 2. The third-order valence-electron chi connectivity index (χ3n) is 5.48. The van der Waals surface area contributed by atoms with Crippen LogP contribution in [-0.4, -0.2) is 36.6 Å².